The molecule has 0 bridgehead atoms. The highest BCUT2D eigenvalue weighted by Crippen LogP contribution is 2.36. The number of methoxy groups -OCH3 is 1. The normalized spacial score (nSPS) is 25.8. The molecular weight excluding hydrogens is 372 g/mol. The molecule has 0 aromatic heterocycles. The molecule has 5 atom stereocenters. The van der Waals surface area contributed by atoms with Crippen LogP contribution in [0, 0.1) is 11.8 Å². The molecule has 6 heteroatoms. The van der Waals surface area contributed by atoms with E-state index in [1.165, 1.54) is 13.2 Å². The average Bonchev–Trinajstić information content (AvgIpc) is 3.00. The lowest BCUT2D eigenvalue weighted by Crippen LogP contribution is -2.21. The maximum atomic E-state index is 11.0. The number of ether oxygens (including phenoxy) is 2. The zero-order valence-corrected chi connectivity index (χ0v) is 16.6. The first-order valence-corrected chi connectivity index (χ1v) is 9.81. The molecule has 1 aliphatic carbocycles. The maximum absolute atomic E-state index is 11.0. The smallest absolute Gasteiger partial charge is 0.330 e. The Balaban J connectivity index is 1.83. The molecular formula is C23H30O6. The van der Waals surface area contributed by atoms with E-state index in [9.17, 15) is 20.1 Å². The average molecular weight is 402 g/mol. The third-order valence-electron chi connectivity index (χ3n) is 4.94. The van der Waals surface area contributed by atoms with Crippen molar-refractivity contribution in [1.82, 2.24) is 0 Å². The fourth-order valence-corrected chi connectivity index (χ4v) is 3.38. The van der Waals surface area contributed by atoms with Gasteiger partial charge in [0.2, 0.25) is 0 Å². The fourth-order valence-electron chi connectivity index (χ4n) is 3.38. The van der Waals surface area contributed by atoms with Gasteiger partial charge in [0, 0.05) is 18.4 Å². The Labute approximate surface area is 171 Å². The Morgan fingerprint density at radius 3 is 2.66 bits per heavy atom. The van der Waals surface area contributed by atoms with Crippen molar-refractivity contribution in [2.45, 2.75) is 37.6 Å². The van der Waals surface area contributed by atoms with E-state index in [1.54, 1.807) is 18.2 Å². The molecule has 1 saturated carbocycles. The second kappa shape index (κ2) is 12.2. The first kappa shape index (κ1) is 22.9. The number of hydrogen-bond donors (Lipinski definition) is 3. The minimum Gasteiger partial charge on any atom is -0.491 e. The molecule has 0 spiro atoms. The highest BCUT2D eigenvalue weighted by atomic mass is 16.5. The minimum atomic E-state index is -0.806. The monoisotopic (exact) mass is 402 g/mol. The number of esters is 1. The summed E-state index contributed by atoms with van der Waals surface area (Å²) in [6, 6.07) is 9.24. The number of aliphatic hydroxyl groups is 3. The van der Waals surface area contributed by atoms with Gasteiger partial charge >= 0.3 is 5.97 Å². The molecule has 0 amide bonds. The van der Waals surface area contributed by atoms with Crippen LogP contribution in [0.2, 0.25) is 0 Å². The Morgan fingerprint density at radius 2 is 1.93 bits per heavy atom. The standard InChI is InChI=1S/C23H30O6/c1-28-23(27)12-8-3-2-7-11-19-20(22(26)15-21(19)25)14-13-17(24)16-29-18-9-5-4-6-10-18/h2,4-10,12-14,17,19-22,24-26H,3,11,15-16H2,1H3/b7-2+,12-8+,14-13+/t17-,19-,20-,21+,22-/m1/s1. The first-order valence-electron chi connectivity index (χ1n) is 9.81. The molecule has 2 rings (SSSR count). The number of para-hydroxylation sites is 1. The van der Waals surface area contributed by atoms with Gasteiger partial charge < -0.3 is 24.8 Å². The van der Waals surface area contributed by atoms with Crippen molar-refractivity contribution in [1.29, 1.82) is 0 Å². The summed E-state index contributed by atoms with van der Waals surface area (Å²) in [6.07, 6.45) is 9.71. The zero-order chi connectivity index (χ0) is 21.1. The van der Waals surface area contributed by atoms with E-state index in [0.29, 0.717) is 25.0 Å². The predicted octanol–water partition coefficient (Wildman–Crippen LogP) is 2.41. The van der Waals surface area contributed by atoms with Crippen molar-refractivity contribution in [3.8, 4) is 5.75 Å². The van der Waals surface area contributed by atoms with Crippen LogP contribution in [0.3, 0.4) is 0 Å². The van der Waals surface area contributed by atoms with E-state index < -0.39 is 24.3 Å². The van der Waals surface area contributed by atoms with E-state index in [4.69, 9.17) is 4.74 Å². The quantitative estimate of drug-likeness (QED) is 0.316. The second-order valence-electron chi connectivity index (χ2n) is 7.06. The number of carbonyl (C=O) groups excluding carboxylic acids is 1. The van der Waals surface area contributed by atoms with Crippen LogP contribution in [0.15, 0.2) is 66.8 Å². The van der Waals surface area contributed by atoms with Gasteiger partial charge in [-0.25, -0.2) is 4.79 Å². The van der Waals surface area contributed by atoms with Crippen LogP contribution < -0.4 is 4.74 Å². The lowest BCUT2D eigenvalue weighted by Gasteiger charge is -2.19. The van der Waals surface area contributed by atoms with Crippen molar-refractivity contribution in [2.24, 2.45) is 11.8 Å². The Kier molecular flexibility index (Phi) is 9.64. The van der Waals surface area contributed by atoms with Gasteiger partial charge in [-0.05, 0) is 30.9 Å². The van der Waals surface area contributed by atoms with Crippen molar-refractivity contribution < 1.29 is 29.6 Å². The number of allylic oxidation sites excluding steroid dienone is 3. The van der Waals surface area contributed by atoms with Crippen molar-refractivity contribution in [3.63, 3.8) is 0 Å². The van der Waals surface area contributed by atoms with E-state index >= 15 is 0 Å². The minimum absolute atomic E-state index is 0.114. The molecule has 1 aromatic rings. The van der Waals surface area contributed by atoms with Gasteiger partial charge in [-0.3, -0.25) is 0 Å². The van der Waals surface area contributed by atoms with E-state index in [-0.39, 0.29) is 18.4 Å². The number of benzene rings is 1. The largest absolute Gasteiger partial charge is 0.491 e. The number of rotatable bonds is 10. The molecule has 1 aliphatic rings. The summed E-state index contributed by atoms with van der Waals surface area (Å²) in [5, 5.41) is 30.7. The van der Waals surface area contributed by atoms with Crippen LogP contribution in [0.4, 0.5) is 0 Å². The summed E-state index contributed by atoms with van der Waals surface area (Å²) < 4.78 is 10.0. The molecule has 0 radical (unpaired) electrons. The topological polar surface area (TPSA) is 96.2 Å². The lowest BCUT2D eigenvalue weighted by atomic mass is 9.89. The lowest BCUT2D eigenvalue weighted by molar-refractivity contribution is -0.134. The number of carbonyl (C=O) groups is 1. The molecule has 6 nitrogen and oxygen atoms in total. The zero-order valence-electron chi connectivity index (χ0n) is 16.6. The van der Waals surface area contributed by atoms with Crippen LogP contribution in [-0.4, -0.2) is 53.3 Å². The Bertz CT molecular complexity index is 697. The van der Waals surface area contributed by atoms with E-state index in [0.717, 1.165) is 0 Å². The summed E-state index contributed by atoms with van der Waals surface area (Å²) in [6.45, 7) is 0.114. The Morgan fingerprint density at radius 1 is 1.17 bits per heavy atom. The van der Waals surface area contributed by atoms with Crippen molar-refractivity contribution in [2.75, 3.05) is 13.7 Å². The summed E-state index contributed by atoms with van der Waals surface area (Å²) in [4.78, 5) is 11.0. The summed E-state index contributed by atoms with van der Waals surface area (Å²) in [5.41, 5.74) is 0. The van der Waals surface area contributed by atoms with Crippen LogP contribution in [0.25, 0.3) is 0 Å². The number of aliphatic hydroxyl groups excluding tert-OH is 3. The predicted molar refractivity (Wildman–Crippen MR) is 110 cm³/mol. The van der Waals surface area contributed by atoms with Gasteiger partial charge in [-0.1, -0.05) is 48.6 Å². The third-order valence-corrected chi connectivity index (χ3v) is 4.94. The van der Waals surface area contributed by atoms with E-state index in [1.807, 2.05) is 42.5 Å². The molecule has 0 heterocycles. The van der Waals surface area contributed by atoms with Gasteiger partial charge in [0.25, 0.3) is 0 Å². The van der Waals surface area contributed by atoms with Crippen molar-refractivity contribution in [3.05, 3.63) is 66.8 Å². The Hall–Kier alpha value is -2.41. The SMILES string of the molecule is COC(=O)/C=C/C/C=C/C[C@@H]1[C@@H](/C=C/[C@@H](O)COc2ccccc2)[C@H](O)C[C@@H]1O. The molecule has 0 unspecified atom stereocenters. The van der Waals surface area contributed by atoms with Crippen LogP contribution in [0.5, 0.6) is 5.75 Å². The fraction of sp³-hybridized carbons (Fsp3) is 0.435. The molecule has 1 fully saturated rings. The van der Waals surface area contributed by atoms with Crippen LogP contribution in [0.1, 0.15) is 19.3 Å². The third kappa shape index (κ3) is 7.85. The highest BCUT2D eigenvalue weighted by molar-refractivity contribution is 5.81. The van der Waals surface area contributed by atoms with Gasteiger partial charge in [0.1, 0.15) is 18.5 Å². The van der Waals surface area contributed by atoms with Crippen molar-refractivity contribution >= 4 is 5.97 Å². The van der Waals surface area contributed by atoms with Gasteiger partial charge in [0.15, 0.2) is 0 Å². The summed E-state index contributed by atoms with van der Waals surface area (Å²) >= 11 is 0. The summed E-state index contributed by atoms with van der Waals surface area (Å²) in [5.74, 6) is -0.0933. The molecule has 3 N–H and O–H groups in total. The maximum Gasteiger partial charge on any atom is 0.330 e. The first-order chi connectivity index (χ1) is 14.0. The molecule has 158 valence electrons. The highest BCUT2D eigenvalue weighted by Gasteiger charge is 2.39. The molecule has 0 saturated heterocycles. The second-order valence-corrected chi connectivity index (χ2v) is 7.06. The summed E-state index contributed by atoms with van der Waals surface area (Å²) in [7, 11) is 1.33. The van der Waals surface area contributed by atoms with Gasteiger partial charge in [0.05, 0.1) is 19.3 Å². The number of hydrogen-bond acceptors (Lipinski definition) is 6. The molecule has 1 aromatic carbocycles. The molecule has 0 aliphatic heterocycles. The van der Waals surface area contributed by atoms with Crippen LogP contribution in [-0.2, 0) is 9.53 Å². The van der Waals surface area contributed by atoms with Gasteiger partial charge in [-0.2, -0.15) is 0 Å². The van der Waals surface area contributed by atoms with Gasteiger partial charge in [-0.15, -0.1) is 0 Å². The van der Waals surface area contributed by atoms with E-state index in [2.05, 4.69) is 4.74 Å². The van der Waals surface area contributed by atoms with Crippen LogP contribution >= 0.6 is 0 Å². The molecule has 29 heavy (non-hydrogen) atoms.